The zero-order valence-electron chi connectivity index (χ0n) is 12.4. The maximum atomic E-state index is 11.7. The van der Waals surface area contributed by atoms with Gasteiger partial charge in [-0.1, -0.05) is 12.8 Å². The monoisotopic (exact) mass is 301 g/mol. The summed E-state index contributed by atoms with van der Waals surface area (Å²) in [6.07, 6.45) is 4.73. The summed E-state index contributed by atoms with van der Waals surface area (Å²) in [5, 5.41) is 11.6. The molecule has 0 aromatic carbocycles. The Morgan fingerprint density at radius 1 is 1.10 bits per heavy atom. The molecule has 0 radical (unpaired) electrons. The number of nitrogens with one attached hydrogen (secondary N) is 1. The lowest BCUT2D eigenvalue weighted by molar-refractivity contribution is -0.142. The smallest absolute Gasteiger partial charge is 0.326 e. The molecular formula is C13H27N5O3. The summed E-state index contributed by atoms with van der Waals surface area (Å²) < 4.78 is 0. The quantitative estimate of drug-likeness (QED) is 0.186. The van der Waals surface area contributed by atoms with Gasteiger partial charge in [-0.25, -0.2) is 4.79 Å². The van der Waals surface area contributed by atoms with Gasteiger partial charge in [0.15, 0.2) is 5.96 Å². The maximum absolute atomic E-state index is 11.7. The molecule has 1 amide bonds. The van der Waals surface area contributed by atoms with Gasteiger partial charge in [-0.15, -0.1) is 0 Å². The number of hydrogen-bond acceptors (Lipinski definition) is 4. The molecule has 0 heterocycles. The lowest BCUT2D eigenvalue weighted by atomic mass is 10.1. The summed E-state index contributed by atoms with van der Waals surface area (Å²) in [7, 11) is 0. The first kappa shape index (κ1) is 19.2. The van der Waals surface area contributed by atoms with E-state index >= 15 is 0 Å². The van der Waals surface area contributed by atoms with Crippen LogP contribution < -0.4 is 22.5 Å². The third-order valence-electron chi connectivity index (χ3n) is 2.94. The molecule has 122 valence electrons. The number of carbonyl (C=O) groups is 2. The number of nitrogens with zero attached hydrogens (tertiary/aromatic N) is 1. The van der Waals surface area contributed by atoms with Crippen molar-refractivity contribution in [2.45, 2.75) is 51.0 Å². The number of amides is 1. The Balaban J connectivity index is 3.93. The van der Waals surface area contributed by atoms with Crippen molar-refractivity contribution in [1.29, 1.82) is 0 Å². The number of aliphatic imine (C=N–C) groups is 1. The van der Waals surface area contributed by atoms with E-state index in [2.05, 4.69) is 10.3 Å². The second kappa shape index (κ2) is 12.0. The number of carbonyl (C=O) groups excluding carboxylic acids is 1. The second-order valence-corrected chi connectivity index (χ2v) is 4.86. The molecule has 0 spiro atoms. The highest BCUT2D eigenvalue weighted by atomic mass is 16.4. The lowest BCUT2D eigenvalue weighted by Crippen LogP contribution is -2.40. The van der Waals surface area contributed by atoms with Gasteiger partial charge in [0.05, 0.1) is 0 Å². The largest absolute Gasteiger partial charge is 0.480 e. The third-order valence-corrected chi connectivity index (χ3v) is 2.94. The number of nitrogens with two attached hydrogens (primary N) is 3. The Morgan fingerprint density at radius 3 is 2.33 bits per heavy atom. The number of aliphatic carboxylic acids is 1. The van der Waals surface area contributed by atoms with Crippen molar-refractivity contribution in [2.75, 3.05) is 13.1 Å². The minimum atomic E-state index is -1.05. The SMILES string of the molecule is NCCCCCCC(=O)N[C@@H](CCCN=C(N)N)C(=O)O. The van der Waals surface area contributed by atoms with Crippen molar-refractivity contribution in [3.8, 4) is 0 Å². The number of unbranched alkanes of at least 4 members (excludes halogenated alkanes) is 3. The zero-order chi connectivity index (χ0) is 16.1. The Labute approximate surface area is 125 Å². The van der Waals surface area contributed by atoms with Gasteiger partial charge in [-0.05, 0) is 32.2 Å². The number of carboxylic acids is 1. The summed E-state index contributed by atoms with van der Waals surface area (Å²) in [5.74, 6) is -1.31. The van der Waals surface area contributed by atoms with E-state index in [0.29, 0.717) is 32.4 Å². The van der Waals surface area contributed by atoms with Gasteiger partial charge >= 0.3 is 5.97 Å². The normalized spacial score (nSPS) is 11.7. The Kier molecular flexibility index (Phi) is 10.9. The van der Waals surface area contributed by atoms with Crippen LogP contribution in [0.4, 0.5) is 0 Å². The van der Waals surface area contributed by atoms with Gasteiger partial charge in [0, 0.05) is 13.0 Å². The second-order valence-electron chi connectivity index (χ2n) is 4.86. The summed E-state index contributed by atoms with van der Waals surface area (Å²) in [6.45, 7) is 1.00. The molecule has 0 aliphatic heterocycles. The van der Waals surface area contributed by atoms with Crippen LogP contribution >= 0.6 is 0 Å². The zero-order valence-corrected chi connectivity index (χ0v) is 12.4. The first-order chi connectivity index (χ1) is 9.97. The summed E-state index contributed by atoms with van der Waals surface area (Å²) in [4.78, 5) is 26.5. The average molecular weight is 301 g/mol. The van der Waals surface area contributed by atoms with Gasteiger partial charge in [0.1, 0.15) is 6.04 Å². The molecule has 0 aliphatic rings. The predicted octanol–water partition coefficient (Wildman–Crippen LogP) is -0.481. The molecule has 8 heteroatoms. The fourth-order valence-electron chi connectivity index (χ4n) is 1.81. The lowest BCUT2D eigenvalue weighted by Gasteiger charge is -2.14. The molecule has 0 bridgehead atoms. The van der Waals surface area contributed by atoms with Crippen LogP contribution in [0.3, 0.4) is 0 Å². The van der Waals surface area contributed by atoms with Crippen molar-refractivity contribution in [2.24, 2.45) is 22.2 Å². The summed E-state index contributed by atoms with van der Waals surface area (Å²) >= 11 is 0. The molecule has 0 aromatic rings. The van der Waals surface area contributed by atoms with Gasteiger partial charge in [-0.2, -0.15) is 0 Å². The fourth-order valence-corrected chi connectivity index (χ4v) is 1.81. The first-order valence-corrected chi connectivity index (χ1v) is 7.25. The van der Waals surface area contributed by atoms with Gasteiger partial charge in [0.25, 0.3) is 0 Å². The number of guanidine groups is 1. The Hall–Kier alpha value is -1.83. The van der Waals surface area contributed by atoms with E-state index in [4.69, 9.17) is 22.3 Å². The topological polar surface area (TPSA) is 157 Å². The molecule has 1 atom stereocenters. The van der Waals surface area contributed by atoms with Crippen LogP contribution in [0.15, 0.2) is 4.99 Å². The van der Waals surface area contributed by atoms with E-state index in [-0.39, 0.29) is 11.9 Å². The van der Waals surface area contributed by atoms with Crippen molar-refractivity contribution in [1.82, 2.24) is 5.32 Å². The van der Waals surface area contributed by atoms with Crippen LogP contribution in [0, 0.1) is 0 Å². The van der Waals surface area contributed by atoms with Crippen molar-refractivity contribution >= 4 is 17.8 Å². The van der Waals surface area contributed by atoms with Crippen molar-refractivity contribution in [3.05, 3.63) is 0 Å². The Morgan fingerprint density at radius 2 is 1.76 bits per heavy atom. The number of rotatable bonds is 12. The molecule has 0 unspecified atom stereocenters. The molecule has 0 fully saturated rings. The fraction of sp³-hybridized carbons (Fsp3) is 0.769. The standard InChI is InChI=1S/C13H27N5O3/c14-8-4-2-1-3-7-11(19)18-10(12(20)21)6-5-9-17-13(15)16/h10H,1-9,14H2,(H,18,19)(H,20,21)(H4,15,16,17)/t10-/m0/s1. The van der Waals surface area contributed by atoms with Crippen molar-refractivity contribution in [3.63, 3.8) is 0 Å². The molecule has 0 aromatic heterocycles. The van der Waals surface area contributed by atoms with Crippen LogP contribution in [0.5, 0.6) is 0 Å². The van der Waals surface area contributed by atoms with Crippen LogP contribution in [0.25, 0.3) is 0 Å². The Bertz CT molecular complexity index is 343. The van der Waals surface area contributed by atoms with Gasteiger partial charge in [0.2, 0.25) is 5.91 Å². The minimum absolute atomic E-state index is 0.0246. The van der Waals surface area contributed by atoms with E-state index in [9.17, 15) is 9.59 Å². The highest BCUT2D eigenvalue weighted by Crippen LogP contribution is 2.04. The average Bonchev–Trinajstić information content (AvgIpc) is 2.41. The highest BCUT2D eigenvalue weighted by Gasteiger charge is 2.18. The molecule has 8 nitrogen and oxygen atoms in total. The van der Waals surface area contributed by atoms with E-state index in [0.717, 1.165) is 25.7 Å². The van der Waals surface area contributed by atoms with Crippen LogP contribution in [0.1, 0.15) is 44.9 Å². The van der Waals surface area contributed by atoms with Gasteiger partial charge < -0.3 is 27.6 Å². The van der Waals surface area contributed by atoms with E-state index in [1.807, 2.05) is 0 Å². The third kappa shape index (κ3) is 11.7. The summed E-state index contributed by atoms with van der Waals surface area (Å²) in [5.41, 5.74) is 15.7. The van der Waals surface area contributed by atoms with Crippen LogP contribution in [-0.2, 0) is 9.59 Å². The van der Waals surface area contributed by atoms with Crippen LogP contribution in [0.2, 0.25) is 0 Å². The minimum Gasteiger partial charge on any atom is -0.480 e. The summed E-state index contributed by atoms with van der Waals surface area (Å²) in [6, 6.07) is -0.893. The molecule has 0 saturated heterocycles. The highest BCUT2D eigenvalue weighted by molar-refractivity contribution is 5.83. The molecule has 0 aliphatic carbocycles. The molecular weight excluding hydrogens is 274 g/mol. The van der Waals surface area contributed by atoms with E-state index in [1.165, 1.54) is 0 Å². The molecule has 21 heavy (non-hydrogen) atoms. The number of hydrogen-bond donors (Lipinski definition) is 5. The van der Waals surface area contributed by atoms with Crippen molar-refractivity contribution < 1.29 is 14.7 Å². The first-order valence-electron chi connectivity index (χ1n) is 7.25. The molecule has 0 rings (SSSR count). The van der Waals surface area contributed by atoms with E-state index < -0.39 is 12.0 Å². The number of carboxylic acid groups (broad SMARTS) is 1. The van der Waals surface area contributed by atoms with E-state index in [1.54, 1.807) is 0 Å². The predicted molar refractivity (Wildman–Crippen MR) is 81.6 cm³/mol. The molecule has 0 saturated carbocycles. The van der Waals surface area contributed by atoms with Crippen LogP contribution in [-0.4, -0.2) is 42.1 Å². The maximum Gasteiger partial charge on any atom is 0.326 e. The van der Waals surface area contributed by atoms with Gasteiger partial charge in [-0.3, -0.25) is 9.79 Å². The molecule has 8 N–H and O–H groups in total.